The van der Waals surface area contributed by atoms with Gasteiger partial charge in [0.2, 0.25) is 5.91 Å². The minimum Gasteiger partial charge on any atom is -0.497 e. The van der Waals surface area contributed by atoms with Gasteiger partial charge in [0.05, 0.1) is 14.2 Å². The van der Waals surface area contributed by atoms with Gasteiger partial charge in [0, 0.05) is 23.2 Å². The van der Waals surface area contributed by atoms with E-state index in [0.717, 1.165) is 5.56 Å². The second kappa shape index (κ2) is 8.30. The van der Waals surface area contributed by atoms with E-state index in [1.54, 1.807) is 44.6 Å². The number of amides is 2. The van der Waals surface area contributed by atoms with E-state index in [1.165, 1.54) is 6.07 Å². The number of rotatable bonds is 7. The van der Waals surface area contributed by atoms with Gasteiger partial charge in [-0.3, -0.25) is 9.59 Å². The fourth-order valence-electron chi connectivity index (χ4n) is 2.75. The molecule has 0 bridgehead atoms. The van der Waals surface area contributed by atoms with Crippen molar-refractivity contribution in [3.63, 3.8) is 0 Å². The van der Waals surface area contributed by atoms with Crippen LogP contribution in [-0.4, -0.2) is 26.0 Å². The molecule has 28 heavy (non-hydrogen) atoms. The smallest absolute Gasteiger partial charge is 0.291 e. The average Bonchev–Trinajstić information content (AvgIpc) is 3.16. The first kappa shape index (κ1) is 19.0. The molecule has 2 amide bonds. The van der Waals surface area contributed by atoms with E-state index < -0.39 is 11.8 Å². The summed E-state index contributed by atoms with van der Waals surface area (Å²) in [6.07, 6.45) is 0.435. The Morgan fingerprint density at radius 3 is 2.57 bits per heavy atom. The molecule has 1 heterocycles. The summed E-state index contributed by atoms with van der Waals surface area (Å²) in [5.41, 5.74) is 6.89. The first-order chi connectivity index (χ1) is 13.5. The van der Waals surface area contributed by atoms with Gasteiger partial charge in [-0.15, -0.1) is 0 Å². The van der Waals surface area contributed by atoms with Crippen LogP contribution < -0.4 is 20.5 Å². The van der Waals surface area contributed by atoms with Gasteiger partial charge < -0.3 is 24.9 Å². The monoisotopic (exact) mass is 380 g/mol. The molecule has 0 atom stereocenters. The van der Waals surface area contributed by atoms with E-state index in [4.69, 9.17) is 19.6 Å². The molecule has 7 nitrogen and oxygen atoms in total. The van der Waals surface area contributed by atoms with Crippen LogP contribution in [0.5, 0.6) is 11.5 Å². The van der Waals surface area contributed by atoms with Crippen LogP contribution in [0.1, 0.15) is 32.2 Å². The van der Waals surface area contributed by atoms with Crippen molar-refractivity contribution < 1.29 is 23.5 Å². The van der Waals surface area contributed by atoms with Crippen molar-refractivity contribution >= 4 is 17.5 Å². The summed E-state index contributed by atoms with van der Waals surface area (Å²) in [4.78, 5) is 23.7. The number of carbonyl (C=O) groups is 2. The highest BCUT2D eigenvalue weighted by Crippen LogP contribution is 2.27. The lowest BCUT2D eigenvalue weighted by molar-refractivity contribution is 0.0987. The SMILES string of the molecule is COc1ccc(OC)c(Cc2ccc(C(=O)Nc3cccc(C(N)=O)c3)o2)c1. The van der Waals surface area contributed by atoms with Crippen molar-refractivity contribution in [1.82, 2.24) is 0 Å². The molecule has 0 saturated carbocycles. The van der Waals surface area contributed by atoms with Crippen molar-refractivity contribution in [2.24, 2.45) is 5.73 Å². The molecule has 0 unspecified atom stereocenters. The first-order valence-corrected chi connectivity index (χ1v) is 8.51. The van der Waals surface area contributed by atoms with Gasteiger partial charge in [0.1, 0.15) is 17.3 Å². The molecule has 0 aliphatic rings. The standard InChI is InChI=1S/C21H20N2O5/c1-26-16-6-8-18(27-2)14(11-16)12-17-7-9-19(28-17)21(25)23-15-5-3-4-13(10-15)20(22)24/h3-11H,12H2,1-2H3,(H2,22,24)(H,23,25). The molecule has 0 fully saturated rings. The van der Waals surface area contributed by atoms with E-state index in [2.05, 4.69) is 5.32 Å². The van der Waals surface area contributed by atoms with Crippen LogP contribution in [-0.2, 0) is 6.42 Å². The molecule has 0 aliphatic heterocycles. The highest BCUT2D eigenvalue weighted by molar-refractivity contribution is 6.03. The summed E-state index contributed by atoms with van der Waals surface area (Å²) in [6.45, 7) is 0. The summed E-state index contributed by atoms with van der Waals surface area (Å²) in [6, 6.07) is 15.2. The number of hydrogen-bond acceptors (Lipinski definition) is 5. The third kappa shape index (κ3) is 4.32. The van der Waals surface area contributed by atoms with E-state index in [9.17, 15) is 9.59 Å². The minimum absolute atomic E-state index is 0.154. The Hall–Kier alpha value is -3.74. The number of ether oxygens (including phenoxy) is 2. The van der Waals surface area contributed by atoms with E-state index in [0.29, 0.717) is 34.9 Å². The summed E-state index contributed by atoms with van der Waals surface area (Å²) < 4.78 is 16.3. The Kier molecular flexibility index (Phi) is 5.64. The van der Waals surface area contributed by atoms with Crippen LogP contribution in [0.3, 0.4) is 0 Å². The Morgan fingerprint density at radius 1 is 1.04 bits per heavy atom. The second-order valence-electron chi connectivity index (χ2n) is 6.02. The number of methoxy groups -OCH3 is 2. The Morgan fingerprint density at radius 2 is 1.86 bits per heavy atom. The molecule has 3 aromatic rings. The van der Waals surface area contributed by atoms with Crippen LogP contribution in [0, 0.1) is 0 Å². The van der Waals surface area contributed by atoms with Gasteiger partial charge in [-0.25, -0.2) is 0 Å². The number of benzene rings is 2. The topological polar surface area (TPSA) is 104 Å². The number of furan rings is 1. The predicted octanol–water partition coefficient (Wildman–Crippen LogP) is 3.24. The molecule has 2 aromatic carbocycles. The number of anilines is 1. The van der Waals surface area contributed by atoms with Crippen LogP contribution in [0.4, 0.5) is 5.69 Å². The van der Waals surface area contributed by atoms with Gasteiger partial charge in [-0.05, 0) is 48.5 Å². The molecule has 144 valence electrons. The largest absolute Gasteiger partial charge is 0.497 e. The first-order valence-electron chi connectivity index (χ1n) is 8.51. The van der Waals surface area contributed by atoms with Crippen LogP contribution in [0.25, 0.3) is 0 Å². The average molecular weight is 380 g/mol. The molecular weight excluding hydrogens is 360 g/mol. The molecule has 7 heteroatoms. The van der Waals surface area contributed by atoms with Gasteiger partial charge in [-0.2, -0.15) is 0 Å². The maximum absolute atomic E-state index is 12.4. The van der Waals surface area contributed by atoms with Gasteiger partial charge >= 0.3 is 0 Å². The summed E-state index contributed by atoms with van der Waals surface area (Å²) in [5, 5.41) is 2.69. The third-order valence-electron chi connectivity index (χ3n) is 4.14. The van der Waals surface area contributed by atoms with Crippen molar-refractivity contribution in [3.05, 3.63) is 77.2 Å². The van der Waals surface area contributed by atoms with Crippen LogP contribution in [0.2, 0.25) is 0 Å². The number of nitrogens with one attached hydrogen (secondary N) is 1. The summed E-state index contributed by atoms with van der Waals surface area (Å²) in [5.74, 6) is 1.17. The van der Waals surface area contributed by atoms with E-state index in [1.807, 2.05) is 18.2 Å². The maximum atomic E-state index is 12.4. The molecule has 3 N–H and O–H groups in total. The zero-order valence-electron chi connectivity index (χ0n) is 15.5. The van der Waals surface area contributed by atoms with Crippen molar-refractivity contribution in [3.8, 4) is 11.5 Å². The highest BCUT2D eigenvalue weighted by Gasteiger charge is 2.14. The summed E-state index contributed by atoms with van der Waals surface area (Å²) in [7, 11) is 3.18. The Balaban J connectivity index is 1.74. The molecular formula is C21H20N2O5. The molecule has 0 radical (unpaired) electrons. The number of nitrogens with two attached hydrogens (primary N) is 1. The normalized spacial score (nSPS) is 10.4. The van der Waals surface area contributed by atoms with E-state index in [-0.39, 0.29) is 5.76 Å². The predicted molar refractivity (Wildman–Crippen MR) is 104 cm³/mol. The van der Waals surface area contributed by atoms with E-state index >= 15 is 0 Å². The quantitative estimate of drug-likeness (QED) is 0.655. The van der Waals surface area contributed by atoms with Crippen LogP contribution in [0.15, 0.2) is 59.0 Å². The molecule has 3 rings (SSSR count). The maximum Gasteiger partial charge on any atom is 0.291 e. The lowest BCUT2D eigenvalue weighted by Crippen LogP contribution is -2.14. The number of primary amides is 1. The zero-order valence-corrected chi connectivity index (χ0v) is 15.5. The van der Waals surface area contributed by atoms with Crippen molar-refractivity contribution in [1.29, 1.82) is 0 Å². The fourth-order valence-corrected chi connectivity index (χ4v) is 2.75. The van der Waals surface area contributed by atoms with Gasteiger partial charge in [-0.1, -0.05) is 6.07 Å². The summed E-state index contributed by atoms with van der Waals surface area (Å²) >= 11 is 0. The number of carbonyl (C=O) groups excluding carboxylic acids is 2. The molecule has 0 aliphatic carbocycles. The Labute approximate surface area is 162 Å². The van der Waals surface area contributed by atoms with Crippen LogP contribution >= 0.6 is 0 Å². The number of hydrogen-bond donors (Lipinski definition) is 2. The van der Waals surface area contributed by atoms with Crippen molar-refractivity contribution in [2.45, 2.75) is 6.42 Å². The van der Waals surface area contributed by atoms with Gasteiger partial charge in [0.15, 0.2) is 5.76 Å². The second-order valence-corrected chi connectivity index (χ2v) is 6.02. The molecule has 0 saturated heterocycles. The van der Waals surface area contributed by atoms with Crippen molar-refractivity contribution in [2.75, 3.05) is 19.5 Å². The lowest BCUT2D eigenvalue weighted by atomic mass is 10.1. The Bertz CT molecular complexity index is 1010. The van der Waals surface area contributed by atoms with Gasteiger partial charge in [0.25, 0.3) is 5.91 Å². The molecule has 0 spiro atoms. The third-order valence-corrected chi connectivity index (χ3v) is 4.14. The highest BCUT2D eigenvalue weighted by atomic mass is 16.5. The lowest BCUT2D eigenvalue weighted by Gasteiger charge is -2.09. The fraction of sp³-hybridized carbons (Fsp3) is 0.143. The molecule has 1 aromatic heterocycles. The minimum atomic E-state index is -0.566. The zero-order chi connectivity index (χ0) is 20.1.